The molecule has 0 aromatic heterocycles. The summed E-state index contributed by atoms with van der Waals surface area (Å²) in [5, 5.41) is 9.57. The van der Waals surface area contributed by atoms with Gasteiger partial charge in [0.25, 0.3) is 0 Å². The zero-order valence-electron chi connectivity index (χ0n) is 13.5. The van der Waals surface area contributed by atoms with E-state index in [9.17, 15) is 9.59 Å². The molecule has 2 rings (SSSR count). The number of piperidine rings is 1. The molecule has 2 unspecified atom stereocenters. The number of hydrogen-bond acceptors (Lipinski definition) is 2. The van der Waals surface area contributed by atoms with E-state index in [0.717, 1.165) is 31.4 Å². The third-order valence-electron chi connectivity index (χ3n) is 4.51. The van der Waals surface area contributed by atoms with Crippen molar-refractivity contribution in [2.45, 2.75) is 51.5 Å². The lowest BCUT2D eigenvalue weighted by Crippen LogP contribution is -2.46. The van der Waals surface area contributed by atoms with Gasteiger partial charge in [-0.2, -0.15) is 0 Å². The van der Waals surface area contributed by atoms with Crippen molar-refractivity contribution in [3.8, 4) is 0 Å². The van der Waals surface area contributed by atoms with Gasteiger partial charge in [0, 0.05) is 29.9 Å². The van der Waals surface area contributed by atoms with Crippen LogP contribution in [0, 0.1) is 5.92 Å². The fourth-order valence-electron chi connectivity index (χ4n) is 3.25. The van der Waals surface area contributed by atoms with Crippen LogP contribution in [0.5, 0.6) is 0 Å². The van der Waals surface area contributed by atoms with E-state index in [1.54, 1.807) is 0 Å². The highest BCUT2D eigenvalue weighted by molar-refractivity contribution is 6.31. The minimum absolute atomic E-state index is 0.0565. The molecule has 1 amide bonds. The fraction of sp³-hybridized carbons (Fsp3) is 0.556. The first-order valence-electron chi connectivity index (χ1n) is 8.24. The molecule has 1 heterocycles. The molecule has 1 aliphatic rings. The maximum atomic E-state index is 12.8. The number of halogens is 1. The quantitative estimate of drug-likeness (QED) is 0.859. The standard InChI is InChI=1S/C18H24ClNO3/c1-13(12-14-6-2-3-8-16(14)19)18(23)20-11-5-4-7-15(20)9-10-17(21)22/h2-3,6,8,13,15H,4-5,7,9-12H2,1H3,(H,21,22). The molecule has 23 heavy (non-hydrogen) atoms. The number of carbonyl (C=O) groups excluding carboxylic acids is 1. The van der Waals surface area contributed by atoms with Crippen molar-refractivity contribution in [2.24, 2.45) is 5.92 Å². The monoisotopic (exact) mass is 337 g/mol. The Hall–Kier alpha value is -1.55. The van der Waals surface area contributed by atoms with Gasteiger partial charge in [0.15, 0.2) is 0 Å². The van der Waals surface area contributed by atoms with Gasteiger partial charge < -0.3 is 10.0 Å². The van der Waals surface area contributed by atoms with E-state index >= 15 is 0 Å². The van der Waals surface area contributed by atoms with Gasteiger partial charge in [-0.05, 0) is 43.7 Å². The summed E-state index contributed by atoms with van der Waals surface area (Å²) >= 11 is 6.18. The van der Waals surface area contributed by atoms with Gasteiger partial charge in [0.1, 0.15) is 0 Å². The number of benzene rings is 1. The molecule has 0 spiro atoms. The molecule has 0 bridgehead atoms. The van der Waals surface area contributed by atoms with Crippen molar-refractivity contribution >= 4 is 23.5 Å². The SMILES string of the molecule is CC(Cc1ccccc1Cl)C(=O)N1CCCCC1CCC(=O)O. The molecule has 1 aliphatic heterocycles. The first-order chi connectivity index (χ1) is 11.0. The van der Waals surface area contributed by atoms with Crippen molar-refractivity contribution in [1.29, 1.82) is 0 Å². The zero-order chi connectivity index (χ0) is 16.8. The van der Waals surface area contributed by atoms with Crippen LogP contribution in [0.3, 0.4) is 0 Å². The van der Waals surface area contributed by atoms with Gasteiger partial charge in [0.2, 0.25) is 5.91 Å². The van der Waals surface area contributed by atoms with Crippen LogP contribution in [0.25, 0.3) is 0 Å². The number of carbonyl (C=O) groups is 2. The molecule has 1 aromatic rings. The fourth-order valence-corrected chi connectivity index (χ4v) is 3.46. The number of nitrogens with zero attached hydrogens (tertiary/aromatic N) is 1. The molecule has 2 atom stereocenters. The molecule has 1 saturated heterocycles. The lowest BCUT2D eigenvalue weighted by Gasteiger charge is -2.37. The van der Waals surface area contributed by atoms with E-state index < -0.39 is 5.97 Å². The largest absolute Gasteiger partial charge is 0.481 e. The molecule has 1 aromatic carbocycles. The maximum absolute atomic E-state index is 12.8. The summed E-state index contributed by atoms with van der Waals surface area (Å²) in [7, 11) is 0. The van der Waals surface area contributed by atoms with E-state index in [4.69, 9.17) is 16.7 Å². The smallest absolute Gasteiger partial charge is 0.303 e. The summed E-state index contributed by atoms with van der Waals surface area (Å²) in [5.74, 6) is -0.840. The lowest BCUT2D eigenvalue weighted by molar-refractivity contribution is -0.142. The number of rotatable bonds is 6. The Morgan fingerprint density at radius 3 is 2.78 bits per heavy atom. The van der Waals surface area contributed by atoms with Crippen molar-refractivity contribution < 1.29 is 14.7 Å². The van der Waals surface area contributed by atoms with Crippen molar-refractivity contribution in [3.63, 3.8) is 0 Å². The minimum atomic E-state index is -0.799. The Labute approximate surface area is 142 Å². The highest BCUT2D eigenvalue weighted by Crippen LogP contribution is 2.25. The van der Waals surface area contributed by atoms with Crippen LogP contribution in [0.2, 0.25) is 5.02 Å². The Kier molecular flexibility index (Phi) is 6.46. The van der Waals surface area contributed by atoms with Gasteiger partial charge in [-0.3, -0.25) is 9.59 Å². The third-order valence-corrected chi connectivity index (χ3v) is 4.88. The van der Waals surface area contributed by atoms with Crippen LogP contribution in [0.15, 0.2) is 24.3 Å². The first-order valence-corrected chi connectivity index (χ1v) is 8.62. The molecule has 1 N–H and O–H groups in total. The second-order valence-electron chi connectivity index (χ2n) is 6.31. The average Bonchev–Trinajstić information content (AvgIpc) is 2.54. The number of hydrogen-bond donors (Lipinski definition) is 1. The van der Waals surface area contributed by atoms with Crippen molar-refractivity contribution in [2.75, 3.05) is 6.54 Å². The Morgan fingerprint density at radius 2 is 2.09 bits per heavy atom. The van der Waals surface area contributed by atoms with Crippen LogP contribution >= 0.6 is 11.6 Å². The summed E-state index contributed by atoms with van der Waals surface area (Å²) in [6, 6.07) is 7.65. The molecule has 4 nitrogen and oxygen atoms in total. The lowest BCUT2D eigenvalue weighted by atomic mass is 9.94. The molecule has 5 heteroatoms. The molecular weight excluding hydrogens is 314 g/mol. The van der Waals surface area contributed by atoms with E-state index in [2.05, 4.69) is 0 Å². The van der Waals surface area contributed by atoms with E-state index in [-0.39, 0.29) is 24.3 Å². The van der Waals surface area contributed by atoms with Crippen molar-refractivity contribution in [1.82, 2.24) is 4.90 Å². The first kappa shape index (κ1) is 17.8. The topological polar surface area (TPSA) is 57.6 Å². The minimum Gasteiger partial charge on any atom is -0.481 e. The van der Waals surface area contributed by atoms with E-state index in [1.807, 2.05) is 36.1 Å². The highest BCUT2D eigenvalue weighted by atomic mass is 35.5. The summed E-state index contributed by atoms with van der Waals surface area (Å²) < 4.78 is 0. The summed E-state index contributed by atoms with van der Waals surface area (Å²) in [4.78, 5) is 25.5. The third kappa shape index (κ3) is 4.96. The van der Waals surface area contributed by atoms with Gasteiger partial charge >= 0.3 is 5.97 Å². The second kappa shape index (κ2) is 8.34. The molecule has 0 radical (unpaired) electrons. The number of aliphatic carboxylic acids is 1. The average molecular weight is 338 g/mol. The van der Waals surface area contributed by atoms with Gasteiger partial charge in [0.05, 0.1) is 0 Å². The predicted octanol–water partition coefficient (Wildman–Crippen LogP) is 3.76. The normalized spacial score (nSPS) is 19.4. The maximum Gasteiger partial charge on any atom is 0.303 e. The van der Waals surface area contributed by atoms with Gasteiger partial charge in [-0.25, -0.2) is 0 Å². The Morgan fingerprint density at radius 1 is 1.35 bits per heavy atom. The molecule has 1 fully saturated rings. The van der Waals surface area contributed by atoms with Crippen LogP contribution in [0.1, 0.15) is 44.6 Å². The number of amides is 1. The van der Waals surface area contributed by atoms with Crippen LogP contribution in [-0.2, 0) is 16.0 Å². The Balaban J connectivity index is 2.01. The molecule has 126 valence electrons. The zero-order valence-corrected chi connectivity index (χ0v) is 14.3. The molecular formula is C18H24ClNO3. The highest BCUT2D eigenvalue weighted by Gasteiger charge is 2.30. The second-order valence-corrected chi connectivity index (χ2v) is 6.72. The van der Waals surface area contributed by atoms with Crippen LogP contribution in [0.4, 0.5) is 0 Å². The Bertz CT molecular complexity index is 561. The summed E-state index contributed by atoms with van der Waals surface area (Å²) in [6.07, 6.45) is 4.23. The van der Waals surface area contributed by atoms with Crippen molar-refractivity contribution in [3.05, 3.63) is 34.9 Å². The van der Waals surface area contributed by atoms with Crippen LogP contribution in [-0.4, -0.2) is 34.5 Å². The summed E-state index contributed by atoms with van der Waals surface area (Å²) in [5.41, 5.74) is 0.981. The van der Waals surface area contributed by atoms with Crippen LogP contribution < -0.4 is 0 Å². The number of likely N-dealkylation sites (tertiary alicyclic amines) is 1. The number of carboxylic acid groups (broad SMARTS) is 1. The van der Waals surface area contributed by atoms with E-state index in [0.29, 0.717) is 17.9 Å². The van der Waals surface area contributed by atoms with E-state index in [1.165, 1.54) is 0 Å². The van der Waals surface area contributed by atoms with Gasteiger partial charge in [-0.1, -0.05) is 36.7 Å². The summed E-state index contributed by atoms with van der Waals surface area (Å²) in [6.45, 7) is 2.66. The number of carboxylic acids is 1. The predicted molar refractivity (Wildman–Crippen MR) is 90.5 cm³/mol. The van der Waals surface area contributed by atoms with Gasteiger partial charge in [-0.15, -0.1) is 0 Å². The molecule has 0 saturated carbocycles. The molecule has 0 aliphatic carbocycles.